The van der Waals surface area contributed by atoms with Gasteiger partial charge < -0.3 is 19.6 Å². The number of nitrogens with zero attached hydrogens (tertiary/aromatic N) is 3. The van der Waals surface area contributed by atoms with Gasteiger partial charge in [-0.1, -0.05) is 41.9 Å². The summed E-state index contributed by atoms with van der Waals surface area (Å²) in [5, 5.41) is 12.6. The van der Waals surface area contributed by atoms with Gasteiger partial charge in [-0.2, -0.15) is 0 Å². The third-order valence-electron chi connectivity index (χ3n) is 4.87. The van der Waals surface area contributed by atoms with Crippen LogP contribution in [0.5, 0.6) is 0 Å². The lowest BCUT2D eigenvalue weighted by molar-refractivity contribution is 0.0822. The highest BCUT2D eigenvalue weighted by molar-refractivity contribution is 6.30. The Morgan fingerprint density at radius 1 is 1.21 bits per heavy atom. The van der Waals surface area contributed by atoms with Crippen LogP contribution in [0.25, 0.3) is 10.9 Å². The molecule has 0 radical (unpaired) electrons. The number of nitrogens with one attached hydrogen (secondary N) is 1. The smallest absolute Gasteiger partial charge is 0.271 e. The van der Waals surface area contributed by atoms with Crippen molar-refractivity contribution < 1.29 is 9.90 Å². The number of benzene rings is 2. The Morgan fingerprint density at radius 3 is 2.66 bits per heavy atom. The Hall–Kier alpha value is -3.09. The van der Waals surface area contributed by atoms with Crippen molar-refractivity contribution in [3.05, 3.63) is 88.6 Å². The monoisotopic (exact) mass is 408 g/mol. The van der Waals surface area contributed by atoms with Crippen LogP contribution in [0, 0.1) is 0 Å². The molecule has 2 heterocycles. The summed E-state index contributed by atoms with van der Waals surface area (Å²) in [6.07, 6.45) is 2.41. The molecule has 2 N–H and O–H groups in total. The molecule has 7 heteroatoms. The van der Waals surface area contributed by atoms with Gasteiger partial charge in [-0.25, -0.2) is 4.98 Å². The number of carbonyl (C=O) groups is 1. The highest BCUT2D eigenvalue weighted by Crippen LogP contribution is 2.30. The van der Waals surface area contributed by atoms with Gasteiger partial charge in [0.2, 0.25) is 0 Å². The van der Waals surface area contributed by atoms with Crippen LogP contribution in [0.2, 0.25) is 5.02 Å². The minimum absolute atomic E-state index is 0.193. The average Bonchev–Trinajstić information content (AvgIpc) is 3.34. The van der Waals surface area contributed by atoms with E-state index in [0.717, 1.165) is 22.0 Å². The molecule has 2 aromatic heterocycles. The molecule has 6 nitrogen and oxygen atoms in total. The minimum Gasteiger partial charge on any atom is -0.380 e. The Morgan fingerprint density at radius 2 is 1.93 bits per heavy atom. The quantitative estimate of drug-likeness (QED) is 0.526. The second-order valence-electron chi connectivity index (χ2n) is 7.14. The normalized spacial score (nSPS) is 12.3. The van der Waals surface area contributed by atoms with Crippen molar-refractivity contribution in [3.8, 4) is 0 Å². The molecule has 29 heavy (non-hydrogen) atoms. The second-order valence-corrected chi connectivity index (χ2v) is 7.58. The molecular weight excluding hydrogens is 388 g/mol. The van der Waals surface area contributed by atoms with Crippen LogP contribution in [0.4, 0.5) is 0 Å². The van der Waals surface area contributed by atoms with Crippen LogP contribution < -0.4 is 0 Å². The molecule has 4 aromatic rings. The standard InChI is InChI=1S/C22H21ClN4O2/c1-26(2)22(29)18-11-24-21(25-18)20(28)17-13-27(19-6-4-3-5-16(17)19)12-14-7-9-15(23)10-8-14/h3-11,13,20,28H,12H2,1-2H3,(H,24,25). The fourth-order valence-corrected chi connectivity index (χ4v) is 3.51. The predicted octanol–water partition coefficient (Wildman–Crippen LogP) is 3.85. The number of hydrogen-bond acceptors (Lipinski definition) is 3. The Labute approximate surface area is 173 Å². The van der Waals surface area contributed by atoms with Crippen LogP contribution in [-0.4, -0.2) is 44.5 Å². The molecule has 0 saturated carbocycles. The molecule has 0 aliphatic heterocycles. The number of rotatable bonds is 5. The highest BCUT2D eigenvalue weighted by atomic mass is 35.5. The molecule has 0 aliphatic carbocycles. The third kappa shape index (κ3) is 3.77. The summed E-state index contributed by atoms with van der Waals surface area (Å²) in [4.78, 5) is 20.8. The van der Waals surface area contributed by atoms with Gasteiger partial charge in [-0.05, 0) is 23.8 Å². The first-order valence-electron chi connectivity index (χ1n) is 9.21. The van der Waals surface area contributed by atoms with Gasteiger partial charge in [-0.15, -0.1) is 0 Å². The Bertz CT molecular complexity index is 1160. The number of H-pyrrole nitrogens is 1. The van der Waals surface area contributed by atoms with Crippen molar-refractivity contribution in [2.75, 3.05) is 14.1 Å². The number of amides is 1. The number of aromatic nitrogens is 3. The number of halogens is 1. The van der Waals surface area contributed by atoms with E-state index in [-0.39, 0.29) is 5.91 Å². The number of imidazole rings is 1. The molecule has 1 unspecified atom stereocenters. The largest absolute Gasteiger partial charge is 0.380 e. The zero-order valence-corrected chi connectivity index (χ0v) is 16.9. The van der Waals surface area contributed by atoms with Crippen LogP contribution in [0.15, 0.2) is 60.9 Å². The van der Waals surface area contributed by atoms with Gasteiger partial charge in [0.1, 0.15) is 17.6 Å². The molecule has 2 aromatic carbocycles. The van der Waals surface area contributed by atoms with Crippen molar-refractivity contribution in [2.24, 2.45) is 0 Å². The van der Waals surface area contributed by atoms with Gasteiger partial charge in [0.15, 0.2) is 0 Å². The molecule has 0 saturated heterocycles. The zero-order valence-electron chi connectivity index (χ0n) is 16.1. The molecule has 0 aliphatic rings. The van der Waals surface area contributed by atoms with E-state index in [1.54, 1.807) is 14.1 Å². The van der Waals surface area contributed by atoms with Gasteiger partial charge in [-0.3, -0.25) is 4.79 Å². The number of carbonyl (C=O) groups excluding carboxylic acids is 1. The molecule has 0 spiro atoms. The average molecular weight is 409 g/mol. The van der Waals surface area contributed by atoms with Gasteiger partial charge in [0.25, 0.3) is 5.91 Å². The van der Waals surface area contributed by atoms with E-state index >= 15 is 0 Å². The lowest BCUT2D eigenvalue weighted by Crippen LogP contribution is -2.22. The van der Waals surface area contributed by atoms with E-state index in [4.69, 9.17) is 11.6 Å². The molecular formula is C22H21ClN4O2. The zero-order chi connectivity index (χ0) is 20.5. The number of aromatic amines is 1. The summed E-state index contributed by atoms with van der Waals surface area (Å²) < 4.78 is 2.09. The maximum Gasteiger partial charge on any atom is 0.271 e. The number of hydrogen-bond donors (Lipinski definition) is 2. The summed E-state index contributed by atoms with van der Waals surface area (Å²) in [7, 11) is 3.34. The van der Waals surface area contributed by atoms with Crippen molar-refractivity contribution in [3.63, 3.8) is 0 Å². The molecule has 148 valence electrons. The summed E-state index contributed by atoms with van der Waals surface area (Å²) in [6, 6.07) is 15.6. The fourth-order valence-electron chi connectivity index (χ4n) is 3.38. The van der Waals surface area contributed by atoms with Crippen LogP contribution in [0.3, 0.4) is 0 Å². The molecule has 0 fully saturated rings. The summed E-state index contributed by atoms with van der Waals surface area (Å²) in [5.74, 6) is 0.144. The van der Waals surface area contributed by atoms with Crippen LogP contribution in [-0.2, 0) is 6.54 Å². The fraction of sp³-hybridized carbons (Fsp3) is 0.182. The SMILES string of the molecule is CN(C)C(=O)c1cnc(C(O)c2cn(Cc3ccc(Cl)cc3)c3ccccc23)[nH]1. The number of aliphatic hydroxyl groups is 1. The first kappa shape index (κ1) is 19.2. The van der Waals surface area contributed by atoms with Gasteiger partial charge >= 0.3 is 0 Å². The number of para-hydroxylation sites is 1. The van der Waals surface area contributed by atoms with Crippen molar-refractivity contribution in [2.45, 2.75) is 12.6 Å². The number of aliphatic hydroxyl groups excluding tert-OH is 1. The van der Waals surface area contributed by atoms with Crippen LogP contribution in [0.1, 0.15) is 33.5 Å². The van der Waals surface area contributed by atoms with Gasteiger partial charge in [0, 0.05) is 48.3 Å². The summed E-state index contributed by atoms with van der Waals surface area (Å²) in [5.41, 5.74) is 3.18. The minimum atomic E-state index is -0.977. The number of fused-ring (bicyclic) bond motifs is 1. The summed E-state index contributed by atoms with van der Waals surface area (Å²) in [6.45, 7) is 0.646. The lowest BCUT2D eigenvalue weighted by atomic mass is 10.1. The predicted molar refractivity (Wildman–Crippen MR) is 113 cm³/mol. The topological polar surface area (TPSA) is 74.2 Å². The Kier molecular flexibility index (Phi) is 5.13. The first-order chi connectivity index (χ1) is 13.9. The van der Waals surface area contributed by atoms with E-state index in [9.17, 15) is 9.90 Å². The van der Waals surface area contributed by atoms with Crippen LogP contribution >= 0.6 is 11.6 Å². The van der Waals surface area contributed by atoms with E-state index < -0.39 is 6.10 Å². The van der Waals surface area contributed by atoms with Crippen molar-refractivity contribution >= 4 is 28.4 Å². The van der Waals surface area contributed by atoms with Crippen molar-refractivity contribution in [1.29, 1.82) is 0 Å². The maximum atomic E-state index is 12.1. The van der Waals surface area contributed by atoms with E-state index in [1.165, 1.54) is 11.1 Å². The van der Waals surface area contributed by atoms with E-state index in [1.807, 2.05) is 54.7 Å². The third-order valence-corrected chi connectivity index (χ3v) is 5.12. The first-order valence-corrected chi connectivity index (χ1v) is 9.58. The van der Waals surface area contributed by atoms with Gasteiger partial charge in [0.05, 0.1) is 6.20 Å². The molecule has 0 bridgehead atoms. The molecule has 1 amide bonds. The van der Waals surface area contributed by atoms with Crippen molar-refractivity contribution in [1.82, 2.24) is 19.4 Å². The van der Waals surface area contributed by atoms with E-state index in [2.05, 4.69) is 14.5 Å². The lowest BCUT2D eigenvalue weighted by Gasteiger charge is -2.09. The molecule has 4 rings (SSSR count). The Balaban J connectivity index is 1.70. The second kappa shape index (κ2) is 7.73. The highest BCUT2D eigenvalue weighted by Gasteiger charge is 2.21. The molecule has 1 atom stereocenters. The maximum absolute atomic E-state index is 12.1. The van der Waals surface area contributed by atoms with E-state index in [0.29, 0.717) is 23.1 Å². The summed E-state index contributed by atoms with van der Waals surface area (Å²) >= 11 is 5.99.